The lowest BCUT2D eigenvalue weighted by Gasteiger charge is -2.22. The van der Waals surface area contributed by atoms with Gasteiger partial charge in [0.2, 0.25) is 0 Å². The molecular weight excluding hydrogens is 598 g/mol. The predicted octanol–water partition coefficient (Wildman–Crippen LogP) is 0.412. The van der Waals surface area contributed by atoms with Gasteiger partial charge in [-0.3, -0.25) is 4.79 Å². The summed E-state index contributed by atoms with van der Waals surface area (Å²) in [5, 5.41) is 11.8. The Labute approximate surface area is 268 Å². The van der Waals surface area contributed by atoms with Gasteiger partial charge in [0, 0.05) is 0 Å². The number of nitrogens with one attached hydrogen (secondary N) is 1. The molecule has 45 heavy (non-hydrogen) atoms. The van der Waals surface area contributed by atoms with Crippen LogP contribution in [0.5, 0.6) is 0 Å². The summed E-state index contributed by atoms with van der Waals surface area (Å²) in [6.07, 6.45) is 2.52. The van der Waals surface area contributed by atoms with Gasteiger partial charge >= 0.3 is 5.97 Å². The maximum atomic E-state index is 10.3. The third-order valence-electron chi connectivity index (χ3n) is 6.05. The molecule has 268 valence electrons. The molecule has 1 rings (SSSR count). The fourth-order valence-corrected chi connectivity index (χ4v) is 3.70. The first kappa shape index (κ1) is 42.0. The van der Waals surface area contributed by atoms with Crippen LogP contribution in [0.3, 0.4) is 0 Å². The third kappa shape index (κ3) is 34.1. The van der Waals surface area contributed by atoms with Crippen LogP contribution in [0, 0.1) is 0 Å². The summed E-state index contributed by atoms with van der Waals surface area (Å²) in [5.74, 6) is -0.873. The number of rotatable bonds is 37. The average Bonchev–Trinajstić information content (AvgIpc) is 3.05. The van der Waals surface area contributed by atoms with Crippen LogP contribution in [-0.4, -0.2) is 182 Å². The van der Waals surface area contributed by atoms with Crippen LogP contribution in [0.1, 0.15) is 19.3 Å². The molecule has 0 unspecified atom stereocenters. The van der Waals surface area contributed by atoms with E-state index in [1.807, 2.05) is 0 Å². The first-order valence-corrected chi connectivity index (χ1v) is 16.2. The number of hydrogen-bond donors (Lipinski definition) is 2. The van der Waals surface area contributed by atoms with E-state index in [1.54, 1.807) is 0 Å². The van der Waals surface area contributed by atoms with E-state index in [1.165, 1.54) is 0 Å². The molecule has 0 aromatic heterocycles. The van der Waals surface area contributed by atoms with Crippen molar-refractivity contribution in [2.24, 2.45) is 0 Å². The molecular formula is C30H59NO14. The largest absolute Gasteiger partial charge is 0.481 e. The second-order valence-corrected chi connectivity index (χ2v) is 9.70. The highest BCUT2D eigenvalue weighted by atomic mass is 16.6. The summed E-state index contributed by atoms with van der Waals surface area (Å²) in [7, 11) is 0. The molecule has 0 aliphatic carbocycles. The van der Waals surface area contributed by atoms with E-state index in [0.29, 0.717) is 151 Å². The molecule has 15 heteroatoms. The van der Waals surface area contributed by atoms with Crippen molar-refractivity contribution in [1.82, 2.24) is 5.32 Å². The zero-order valence-electron chi connectivity index (χ0n) is 27.1. The van der Waals surface area contributed by atoms with Gasteiger partial charge in [-0.2, -0.15) is 0 Å². The van der Waals surface area contributed by atoms with Crippen LogP contribution < -0.4 is 5.32 Å². The Kier molecular flexibility index (Phi) is 33.4. The lowest BCUT2D eigenvalue weighted by molar-refractivity contribution is -0.138. The Hall–Kier alpha value is -1.05. The lowest BCUT2D eigenvalue weighted by Crippen LogP contribution is -2.33. The second kappa shape index (κ2) is 35.8. The van der Waals surface area contributed by atoms with Gasteiger partial charge in [-0.05, 0) is 25.9 Å². The molecule has 0 saturated carbocycles. The Morgan fingerprint density at radius 2 is 0.667 bits per heavy atom. The molecule has 0 bridgehead atoms. The van der Waals surface area contributed by atoms with Crippen molar-refractivity contribution >= 4 is 5.97 Å². The van der Waals surface area contributed by atoms with Crippen molar-refractivity contribution in [2.45, 2.75) is 25.4 Å². The van der Waals surface area contributed by atoms with Crippen LogP contribution in [-0.2, 0) is 61.6 Å². The number of carbonyl (C=O) groups is 1. The maximum Gasteiger partial charge on any atom is 0.305 e. The molecule has 0 aromatic carbocycles. The van der Waals surface area contributed by atoms with Crippen molar-refractivity contribution in [3.63, 3.8) is 0 Å². The molecule has 2 N–H and O–H groups in total. The molecule has 0 aromatic rings. The molecule has 1 aliphatic heterocycles. The van der Waals surface area contributed by atoms with Crippen molar-refractivity contribution < 1.29 is 66.7 Å². The van der Waals surface area contributed by atoms with E-state index in [0.717, 1.165) is 25.9 Å². The van der Waals surface area contributed by atoms with Crippen molar-refractivity contribution in [2.75, 3.05) is 165 Å². The van der Waals surface area contributed by atoms with Crippen molar-refractivity contribution in [3.05, 3.63) is 0 Å². The number of aliphatic carboxylic acids is 1. The Balaban J connectivity index is 1.60. The molecule has 15 nitrogen and oxygen atoms in total. The smallest absolute Gasteiger partial charge is 0.305 e. The highest BCUT2D eigenvalue weighted by molar-refractivity contribution is 5.66. The van der Waals surface area contributed by atoms with Gasteiger partial charge in [0.25, 0.3) is 0 Å². The van der Waals surface area contributed by atoms with E-state index < -0.39 is 5.97 Å². The molecule has 1 aliphatic rings. The quantitative estimate of drug-likeness (QED) is 0.0884. The summed E-state index contributed by atoms with van der Waals surface area (Å²) in [4.78, 5) is 10.3. The van der Waals surface area contributed by atoms with Gasteiger partial charge < -0.3 is 67.3 Å². The van der Waals surface area contributed by atoms with Crippen LogP contribution in [0.4, 0.5) is 0 Å². The van der Waals surface area contributed by atoms with Gasteiger partial charge in [-0.25, -0.2) is 0 Å². The van der Waals surface area contributed by atoms with Gasteiger partial charge in [-0.1, -0.05) is 0 Å². The van der Waals surface area contributed by atoms with E-state index in [2.05, 4.69) is 5.32 Å². The summed E-state index contributed by atoms with van der Waals surface area (Å²) >= 11 is 0. The SMILES string of the molecule is O=C(O)CCOCCOCCOCCOCCOCCOCCOCCOCCOCCOCCOCCOC1CCNCC1. The lowest BCUT2D eigenvalue weighted by atomic mass is 10.1. The standard InChI is InChI=1S/C30H59NO14/c32-30(33)3-6-34-7-8-35-9-10-36-11-12-37-13-14-38-15-16-39-17-18-40-19-20-41-21-22-42-23-24-43-25-26-44-27-28-45-29-1-4-31-5-2-29/h29,31H,1-28H2,(H,32,33). The van der Waals surface area contributed by atoms with Gasteiger partial charge in [0.1, 0.15) is 0 Å². The number of piperidine rings is 1. The molecule has 0 atom stereocenters. The number of carboxylic acid groups (broad SMARTS) is 1. The normalized spacial score (nSPS) is 14.0. The molecule has 0 amide bonds. The second-order valence-electron chi connectivity index (χ2n) is 9.70. The molecule has 1 fully saturated rings. The highest BCUT2D eigenvalue weighted by Gasteiger charge is 2.12. The fourth-order valence-electron chi connectivity index (χ4n) is 3.70. The van der Waals surface area contributed by atoms with E-state index in [-0.39, 0.29) is 13.0 Å². The van der Waals surface area contributed by atoms with E-state index in [4.69, 9.17) is 61.9 Å². The first-order valence-electron chi connectivity index (χ1n) is 16.2. The Morgan fingerprint density at radius 3 is 0.933 bits per heavy atom. The third-order valence-corrected chi connectivity index (χ3v) is 6.05. The summed E-state index contributed by atoms with van der Waals surface area (Å²) in [6.45, 7) is 13.3. The maximum absolute atomic E-state index is 10.3. The summed E-state index contributed by atoms with van der Waals surface area (Å²) in [6, 6.07) is 0. The topological polar surface area (TPSA) is 160 Å². The summed E-state index contributed by atoms with van der Waals surface area (Å²) in [5.41, 5.74) is 0. The van der Waals surface area contributed by atoms with Crippen LogP contribution in [0.25, 0.3) is 0 Å². The van der Waals surface area contributed by atoms with Crippen LogP contribution in [0.15, 0.2) is 0 Å². The first-order chi connectivity index (χ1) is 22.3. The number of carboxylic acids is 1. The van der Waals surface area contributed by atoms with Crippen molar-refractivity contribution in [1.29, 1.82) is 0 Å². The zero-order valence-corrected chi connectivity index (χ0v) is 27.1. The van der Waals surface area contributed by atoms with Crippen LogP contribution >= 0.6 is 0 Å². The van der Waals surface area contributed by atoms with Gasteiger partial charge in [0.15, 0.2) is 0 Å². The van der Waals surface area contributed by atoms with Gasteiger partial charge in [0.05, 0.1) is 164 Å². The van der Waals surface area contributed by atoms with E-state index >= 15 is 0 Å². The molecule has 0 spiro atoms. The summed E-state index contributed by atoms with van der Waals surface area (Å²) < 4.78 is 65.4. The minimum Gasteiger partial charge on any atom is -0.481 e. The molecule has 0 radical (unpaired) electrons. The molecule has 1 saturated heterocycles. The Bertz CT molecular complexity index is 601. The number of hydrogen-bond acceptors (Lipinski definition) is 14. The van der Waals surface area contributed by atoms with Crippen molar-refractivity contribution in [3.8, 4) is 0 Å². The highest BCUT2D eigenvalue weighted by Crippen LogP contribution is 2.06. The van der Waals surface area contributed by atoms with Gasteiger partial charge in [-0.15, -0.1) is 0 Å². The monoisotopic (exact) mass is 657 g/mol. The zero-order chi connectivity index (χ0) is 32.1. The van der Waals surface area contributed by atoms with Crippen LogP contribution in [0.2, 0.25) is 0 Å². The predicted molar refractivity (Wildman–Crippen MR) is 163 cm³/mol. The minimum absolute atomic E-state index is 0.00105. The van der Waals surface area contributed by atoms with E-state index in [9.17, 15) is 4.79 Å². The Morgan fingerprint density at radius 1 is 0.422 bits per heavy atom. The number of ether oxygens (including phenoxy) is 12. The minimum atomic E-state index is -0.873. The molecule has 1 heterocycles. The average molecular weight is 658 g/mol. The fraction of sp³-hybridized carbons (Fsp3) is 0.967.